The number of aliphatic hydroxyl groups is 1. The Labute approximate surface area is 80.7 Å². The Morgan fingerprint density at radius 3 is 2.85 bits per heavy atom. The van der Waals surface area contributed by atoms with E-state index in [0.717, 1.165) is 29.9 Å². The van der Waals surface area contributed by atoms with Crippen LogP contribution in [0.2, 0.25) is 0 Å². The van der Waals surface area contributed by atoms with Crippen LogP contribution < -0.4 is 5.32 Å². The van der Waals surface area contributed by atoms with Crippen molar-refractivity contribution in [1.29, 1.82) is 0 Å². The van der Waals surface area contributed by atoms with Gasteiger partial charge >= 0.3 is 0 Å². The van der Waals surface area contributed by atoms with Crippen LogP contribution in [-0.4, -0.2) is 33.8 Å². The van der Waals surface area contributed by atoms with Crippen LogP contribution in [0.4, 0.5) is 0 Å². The van der Waals surface area contributed by atoms with E-state index in [1.165, 1.54) is 0 Å². The molecule has 1 heterocycles. The number of hydrogen-bond donors (Lipinski definition) is 2. The van der Waals surface area contributed by atoms with Gasteiger partial charge in [0.25, 0.3) is 0 Å². The first kappa shape index (κ1) is 9.37. The molecule has 0 aromatic carbocycles. The smallest absolute Gasteiger partial charge is 0.0613 e. The first-order valence-corrected chi connectivity index (χ1v) is 6.01. The van der Waals surface area contributed by atoms with E-state index in [2.05, 4.69) is 11.4 Å². The lowest BCUT2D eigenvalue weighted by molar-refractivity contribution is 0.234. The Hall–Kier alpha value is -0.190. The molecule has 1 atom stereocenters. The summed E-state index contributed by atoms with van der Waals surface area (Å²) in [5.74, 6) is 0.781. The lowest BCUT2D eigenvalue weighted by Crippen LogP contribution is -2.36. The predicted molar refractivity (Wildman–Crippen MR) is 52.8 cm³/mol. The third-order valence-corrected chi connectivity index (χ3v) is 4.26. The molecule has 0 saturated heterocycles. The highest BCUT2D eigenvalue weighted by Crippen LogP contribution is 2.34. The molecule has 0 radical (unpaired) electrons. The summed E-state index contributed by atoms with van der Waals surface area (Å²) in [6, 6.07) is 0. The Kier molecular flexibility index (Phi) is 2.53. The van der Waals surface area contributed by atoms with Crippen molar-refractivity contribution in [3.05, 3.63) is 11.0 Å². The van der Waals surface area contributed by atoms with E-state index in [1.54, 1.807) is 0 Å². The number of nitrogens with one attached hydrogen (secondary N) is 1. The number of rotatable bonds is 4. The quantitative estimate of drug-likeness (QED) is 0.680. The molecule has 1 unspecified atom stereocenters. The Morgan fingerprint density at radius 2 is 2.38 bits per heavy atom. The molecule has 74 valence electrons. The summed E-state index contributed by atoms with van der Waals surface area (Å²) in [5, 5.41) is 12.3. The normalized spacial score (nSPS) is 30.2. The molecule has 0 spiro atoms. The van der Waals surface area contributed by atoms with E-state index in [4.69, 9.17) is 5.11 Å². The van der Waals surface area contributed by atoms with Gasteiger partial charge in [-0.2, -0.15) is 0 Å². The molecule has 0 bridgehead atoms. The average molecular weight is 201 g/mol. The van der Waals surface area contributed by atoms with Gasteiger partial charge < -0.3 is 10.4 Å². The number of aliphatic hydroxyl groups excluding tert-OH is 1. The molecular weight excluding hydrogens is 186 g/mol. The summed E-state index contributed by atoms with van der Waals surface area (Å²) in [4.78, 5) is 1.01. The second-order valence-corrected chi connectivity index (χ2v) is 5.42. The molecule has 13 heavy (non-hydrogen) atoms. The van der Waals surface area contributed by atoms with Crippen molar-refractivity contribution in [1.82, 2.24) is 5.32 Å². The molecule has 2 N–H and O–H groups in total. The maximum atomic E-state index is 11.3. The van der Waals surface area contributed by atoms with Crippen LogP contribution >= 0.6 is 0 Å². The van der Waals surface area contributed by atoms with Crippen molar-refractivity contribution in [3.8, 4) is 0 Å². The zero-order chi connectivity index (χ0) is 9.31. The van der Waals surface area contributed by atoms with Crippen LogP contribution in [0.15, 0.2) is 11.0 Å². The molecule has 4 heteroatoms. The van der Waals surface area contributed by atoms with E-state index in [9.17, 15) is 4.21 Å². The van der Waals surface area contributed by atoms with Crippen LogP contribution in [0.25, 0.3) is 0 Å². The molecule has 0 aromatic heterocycles. The van der Waals surface area contributed by atoms with E-state index in [1.807, 2.05) is 0 Å². The van der Waals surface area contributed by atoms with E-state index >= 15 is 0 Å². The fourth-order valence-corrected chi connectivity index (χ4v) is 2.65. The average Bonchev–Trinajstić information content (AvgIpc) is 2.82. The van der Waals surface area contributed by atoms with Gasteiger partial charge in [-0.1, -0.05) is 6.08 Å². The number of allylic oxidation sites excluding steroid dienone is 1. The maximum absolute atomic E-state index is 11.3. The summed E-state index contributed by atoms with van der Waals surface area (Å²) < 4.78 is 11.3. The second-order valence-electron chi connectivity index (χ2n) is 3.80. The SMILES string of the molecule is O=S1CCC=C1CNC1(CO)CC1. The summed E-state index contributed by atoms with van der Waals surface area (Å²) in [6.45, 7) is 0.889. The van der Waals surface area contributed by atoms with E-state index < -0.39 is 10.8 Å². The lowest BCUT2D eigenvalue weighted by atomic mass is 10.3. The second kappa shape index (κ2) is 3.52. The highest BCUT2D eigenvalue weighted by molar-refractivity contribution is 7.89. The molecule has 2 aliphatic rings. The zero-order valence-electron chi connectivity index (χ0n) is 7.58. The summed E-state index contributed by atoms with van der Waals surface area (Å²) in [7, 11) is -0.753. The fourth-order valence-electron chi connectivity index (χ4n) is 1.52. The summed E-state index contributed by atoms with van der Waals surface area (Å²) in [5.41, 5.74) is -0.0341. The summed E-state index contributed by atoms with van der Waals surface area (Å²) >= 11 is 0. The van der Waals surface area contributed by atoms with E-state index in [0.29, 0.717) is 6.54 Å². The van der Waals surface area contributed by atoms with Crippen molar-refractivity contribution >= 4 is 10.8 Å². The van der Waals surface area contributed by atoms with Crippen LogP contribution in [0.3, 0.4) is 0 Å². The first-order chi connectivity index (χ1) is 6.26. The van der Waals surface area contributed by atoms with Crippen molar-refractivity contribution < 1.29 is 9.32 Å². The fraction of sp³-hybridized carbons (Fsp3) is 0.778. The van der Waals surface area contributed by atoms with Gasteiger partial charge in [-0.25, -0.2) is 0 Å². The third kappa shape index (κ3) is 2.00. The molecule has 1 aliphatic carbocycles. The predicted octanol–water partition coefficient (Wildman–Crippen LogP) is 0.137. The molecule has 0 aromatic rings. The van der Waals surface area contributed by atoms with Crippen LogP contribution in [0, 0.1) is 0 Å². The zero-order valence-corrected chi connectivity index (χ0v) is 8.40. The van der Waals surface area contributed by atoms with Crippen molar-refractivity contribution in [2.24, 2.45) is 0 Å². The monoisotopic (exact) mass is 201 g/mol. The lowest BCUT2D eigenvalue weighted by Gasteiger charge is -2.13. The Morgan fingerprint density at radius 1 is 1.62 bits per heavy atom. The Balaban J connectivity index is 1.82. The number of hydrogen-bond acceptors (Lipinski definition) is 3. The van der Waals surface area contributed by atoms with Gasteiger partial charge in [-0.05, 0) is 19.3 Å². The molecule has 1 aliphatic heterocycles. The van der Waals surface area contributed by atoms with Gasteiger partial charge in [0.2, 0.25) is 0 Å². The molecule has 2 rings (SSSR count). The molecule has 1 fully saturated rings. The van der Waals surface area contributed by atoms with Crippen molar-refractivity contribution in [3.63, 3.8) is 0 Å². The highest BCUT2D eigenvalue weighted by Gasteiger charge is 2.41. The first-order valence-electron chi connectivity index (χ1n) is 4.69. The van der Waals surface area contributed by atoms with Gasteiger partial charge in [0.1, 0.15) is 0 Å². The molecular formula is C9H15NO2S. The van der Waals surface area contributed by atoms with E-state index in [-0.39, 0.29) is 12.1 Å². The minimum Gasteiger partial charge on any atom is -0.394 e. The van der Waals surface area contributed by atoms with Crippen LogP contribution in [0.5, 0.6) is 0 Å². The molecule has 0 amide bonds. The minimum absolute atomic E-state index is 0.0341. The minimum atomic E-state index is -0.753. The third-order valence-electron chi connectivity index (χ3n) is 2.76. The Bertz CT molecular complexity index is 258. The summed E-state index contributed by atoms with van der Waals surface area (Å²) in [6.07, 6.45) is 5.08. The van der Waals surface area contributed by atoms with Gasteiger partial charge in [0.05, 0.1) is 17.4 Å². The van der Waals surface area contributed by atoms with Gasteiger partial charge in [0.15, 0.2) is 0 Å². The van der Waals surface area contributed by atoms with Crippen LogP contribution in [0.1, 0.15) is 19.3 Å². The largest absolute Gasteiger partial charge is 0.394 e. The van der Waals surface area contributed by atoms with Crippen LogP contribution in [-0.2, 0) is 10.8 Å². The standard InChI is InChI=1S/C9H15NO2S/c11-7-9(3-4-9)10-6-8-2-1-5-13(8)12/h2,10-11H,1,3-7H2. The maximum Gasteiger partial charge on any atom is 0.0613 e. The van der Waals surface area contributed by atoms with Gasteiger partial charge in [-0.3, -0.25) is 4.21 Å². The topological polar surface area (TPSA) is 49.3 Å². The van der Waals surface area contributed by atoms with Gasteiger partial charge in [-0.15, -0.1) is 0 Å². The molecule has 3 nitrogen and oxygen atoms in total. The molecule has 1 saturated carbocycles. The van der Waals surface area contributed by atoms with Crippen molar-refractivity contribution in [2.45, 2.75) is 24.8 Å². The van der Waals surface area contributed by atoms with Gasteiger partial charge in [0, 0.05) is 22.7 Å². The van der Waals surface area contributed by atoms with Crippen molar-refractivity contribution in [2.75, 3.05) is 18.9 Å². The highest BCUT2D eigenvalue weighted by atomic mass is 32.2.